The number of carbonyl (C=O) groups is 1. The first-order valence-electron chi connectivity index (χ1n) is 7.85. The van der Waals surface area contributed by atoms with Crippen molar-refractivity contribution in [2.24, 2.45) is 5.92 Å². The molecular weight excluding hydrogens is 264 g/mol. The topological polar surface area (TPSA) is 35.5 Å². The van der Waals surface area contributed by atoms with E-state index in [0.717, 1.165) is 31.3 Å². The number of ether oxygens (including phenoxy) is 2. The fourth-order valence-electron chi connectivity index (χ4n) is 2.65. The molecule has 0 N–H and O–H groups in total. The quantitative estimate of drug-likeness (QED) is 0.392. The molecule has 0 saturated carbocycles. The summed E-state index contributed by atoms with van der Waals surface area (Å²) in [5.41, 5.74) is 0.737. The lowest BCUT2D eigenvalue weighted by atomic mass is 9.89. The van der Waals surface area contributed by atoms with Gasteiger partial charge in [0.25, 0.3) is 0 Å². The molecule has 0 aromatic heterocycles. The van der Waals surface area contributed by atoms with E-state index < -0.39 is 0 Å². The first kappa shape index (κ1) is 17.5. The van der Waals surface area contributed by atoms with Crippen LogP contribution in [0.3, 0.4) is 0 Å². The van der Waals surface area contributed by atoms with Crippen molar-refractivity contribution in [3.05, 3.63) is 35.6 Å². The smallest absolute Gasteiger partial charge is 0.334 e. The van der Waals surface area contributed by atoms with Gasteiger partial charge in [-0.2, -0.15) is 0 Å². The average molecular weight is 292 g/mol. The molecule has 0 aromatic carbocycles. The van der Waals surface area contributed by atoms with Gasteiger partial charge in [-0.25, -0.2) is 4.79 Å². The monoisotopic (exact) mass is 292 g/mol. The Balaban J connectivity index is 2.88. The Bertz CT molecular complexity index is 445. The molecule has 3 heteroatoms. The summed E-state index contributed by atoms with van der Waals surface area (Å²) >= 11 is 0. The molecule has 21 heavy (non-hydrogen) atoms. The molecule has 0 bridgehead atoms. The highest BCUT2D eigenvalue weighted by atomic mass is 16.5. The van der Waals surface area contributed by atoms with E-state index in [-0.39, 0.29) is 11.6 Å². The van der Waals surface area contributed by atoms with Crippen LogP contribution in [-0.2, 0) is 14.3 Å². The first-order chi connectivity index (χ1) is 9.97. The molecule has 118 valence electrons. The van der Waals surface area contributed by atoms with E-state index in [4.69, 9.17) is 9.47 Å². The maximum absolute atomic E-state index is 11.4. The first-order valence-corrected chi connectivity index (χ1v) is 7.85. The van der Waals surface area contributed by atoms with Gasteiger partial charge in [-0.3, -0.25) is 0 Å². The largest absolute Gasteiger partial charge is 0.483 e. The van der Waals surface area contributed by atoms with E-state index in [1.54, 1.807) is 0 Å². The van der Waals surface area contributed by atoms with Gasteiger partial charge in [0.1, 0.15) is 11.4 Å². The molecule has 2 unspecified atom stereocenters. The second-order valence-electron chi connectivity index (χ2n) is 5.68. The number of hydrogen-bond donors (Lipinski definition) is 0. The lowest BCUT2D eigenvalue weighted by Gasteiger charge is -2.26. The summed E-state index contributed by atoms with van der Waals surface area (Å²) in [5, 5.41) is 0. The van der Waals surface area contributed by atoms with Gasteiger partial charge in [-0.1, -0.05) is 32.9 Å². The average Bonchev–Trinajstić information content (AvgIpc) is 2.79. The van der Waals surface area contributed by atoms with Crippen molar-refractivity contribution in [3.8, 4) is 0 Å². The zero-order chi connectivity index (χ0) is 15.9. The Labute approximate surface area is 128 Å². The zero-order valence-corrected chi connectivity index (χ0v) is 13.9. The van der Waals surface area contributed by atoms with Gasteiger partial charge in [0.2, 0.25) is 0 Å². The molecule has 1 aliphatic rings. The Morgan fingerprint density at radius 3 is 2.67 bits per heavy atom. The van der Waals surface area contributed by atoms with Crippen LogP contribution in [0.1, 0.15) is 53.4 Å². The Morgan fingerprint density at radius 2 is 2.14 bits per heavy atom. The molecule has 1 heterocycles. The van der Waals surface area contributed by atoms with Crippen LogP contribution in [0.15, 0.2) is 35.6 Å². The summed E-state index contributed by atoms with van der Waals surface area (Å²) in [6.45, 7) is 8.49. The minimum atomic E-state index is -0.369. The summed E-state index contributed by atoms with van der Waals surface area (Å²) in [6.07, 6.45) is 12.0. The number of esters is 1. The van der Waals surface area contributed by atoms with Crippen LogP contribution in [0.5, 0.6) is 0 Å². The summed E-state index contributed by atoms with van der Waals surface area (Å²) in [5.74, 6) is 0.773. The zero-order valence-electron chi connectivity index (χ0n) is 13.9. The van der Waals surface area contributed by atoms with Crippen molar-refractivity contribution in [2.75, 3.05) is 7.11 Å². The summed E-state index contributed by atoms with van der Waals surface area (Å²) in [4.78, 5) is 11.4. The van der Waals surface area contributed by atoms with Crippen molar-refractivity contribution < 1.29 is 14.3 Å². The number of carbonyl (C=O) groups excluding carboxylic acids is 1. The minimum absolute atomic E-state index is 0.343. The predicted molar refractivity (Wildman–Crippen MR) is 85.8 cm³/mol. The van der Waals surface area contributed by atoms with Crippen molar-refractivity contribution in [1.29, 1.82) is 0 Å². The van der Waals surface area contributed by atoms with Crippen LogP contribution in [0.25, 0.3) is 0 Å². The summed E-state index contributed by atoms with van der Waals surface area (Å²) in [6, 6.07) is 0. The molecule has 1 rings (SSSR count). The van der Waals surface area contributed by atoms with Crippen LogP contribution in [0.2, 0.25) is 0 Å². The maximum Gasteiger partial charge on any atom is 0.334 e. The van der Waals surface area contributed by atoms with Crippen LogP contribution < -0.4 is 0 Å². The second-order valence-corrected chi connectivity index (χ2v) is 5.68. The van der Waals surface area contributed by atoms with Crippen molar-refractivity contribution in [2.45, 2.75) is 59.0 Å². The van der Waals surface area contributed by atoms with E-state index in [9.17, 15) is 4.79 Å². The van der Waals surface area contributed by atoms with Gasteiger partial charge in [0.15, 0.2) is 0 Å². The molecule has 0 amide bonds. The predicted octanol–water partition coefficient (Wildman–Crippen LogP) is 4.55. The SMILES string of the molecule is CCC=CC(CC)CC1(C)C=C(CC)C(=CC(=O)OC)O1. The second kappa shape index (κ2) is 8.06. The van der Waals surface area contributed by atoms with Gasteiger partial charge in [0.05, 0.1) is 13.2 Å². The lowest BCUT2D eigenvalue weighted by molar-refractivity contribution is -0.135. The molecule has 3 nitrogen and oxygen atoms in total. The summed E-state index contributed by atoms with van der Waals surface area (Å²) < 4.78 is 10.8. The number of rotatable bonds is 7. The minimum Gasteiger partial charge on any atom is -0.483 e. The van der Waals surface area contributed by atoms with E-state index in [1.807, 2.05) is 0 Å². The molecule has 0 saturated heterocycles. The van der Waals surface area contributed by atoms with Crippen molar-refractivity contribution >= 4 is 5.97 Å². The van der Waals surface area contributed by atoms with Gasteiger partial charge in [0, 0.05) is 0 Å². The Hall–Kier alpha value is -1.51. The number of allylic oxidation sites excluding steroid dienone is 3. The molecule has 0 spiro atoms. The van der Waals surface area contributed by atoms with E-state index in [2.05, 4.69) is 45.9 Å². The van der Waals surface area contributed by atoms with Crippen LogP contribution in [0.4, 0.5) is 0 Å². The Morgan fingerprint density at radius 1 is 1.43 bits per heavy atom. The van der Waals surface area contributed by atoms with Gasteiger partial charge in [-0.15, -0.1) is 0 Å². The van der Waals surface area contributed by atoms with Gasteiger partial charge in [-0.05, 0) is 50.2 Å². The number of hydrogen-bond acceptors (Lipinski definition) is 3. The summed E-state index contributed by atoms with van der Waals surface area (Å²) in [7, 11) is 1.38. The normalized spacial score (nSPS) is 25.0. The lowest BCUT2D eigenvalue weighted by Crippen LogP contribution is -2.25. The van der Waals surface area contributed by atoms with Crippen molar-refractivity contribution in [3.63, 3.8) is 0 Å². The van der Waals surface area contributed by atoms with E-state index >= 15 is 0 Å². The Kier molecular flexibility index (Phi) is 6.73. The molecule has 1 aliphatic heterocycles. The fourth-order valence-corrected chi connectivity index (χ4v) is 2.65. The van der Waals surface area contributed by atoms with Crippen molar-refractivity contribution in [1.82, 2.24) is 0 Å². The van der Waals surface area contributed by atoms with Crippen LogP contribution >= 0.6 is 0 Å². The highest BCUT2D eigenvalue weighted by Gasteiger charge is 2.34. The third-order valence-corrected chi connectivity index (χ3v) is 3.81. The maximum atomic E-state index is 11.4. The number of methoxy groups -OCH3 is 1. The highest BCUT2D eigenvalue weighted by molar-refractivity contribution is 5.83. The highest BCUT2D eigenvalue weighted by Crippen LogP contribution is 2.38. The standard InChI is InChI=1S/C18H28O3/c1-6-9-10-14(7-2)12-18(4)13-15(8-3)16(21-18)11-17(19)20-5/h9-11,13-14H,6-8,12H2,1-5H3. The van der Waals surface area contributed by atoms with Crippen LogP contribution in [-0.4, -0.2) is 18.7 Å². The molecule has 0 radical (unpaired) electrons. The fraction of sp³-hybridized carbons (Fsp3) is 0.611. The van der Waals surface area contributed by atoms with E-state index in [1.165, 1.54) is 13.2 Å². The third kappa shape index (κ3) is 5.07. The molecular formula is C18H28O3. The molecule has 0 aliphatic carbocycles. The van der Waals surface area contributed by atoms with Crippen LogP contribution in [0, 0.1) is 5.92 Å². The third-order valence-electron chi connectivity index (χ3n) is 3.81. The van der Waals surface area contributed by atoms with Gasteiger partial charge < -0.3 is 9.47 Å². The molecule has 2 atom stereocenters. The van der Waals surface area contributed by atoms with E-state index in [0.29, 0.717) is 11.7 Å². The molecule has 0 fully saturated rings. The molecule has 0 aromatic rings. The van der Waals surface area contributed by atoms with Gasteiger partial charge >= 0.3 is 5.97 Å².